The quantitative estimate of drug-likeness (QED) is 0.646. The second-order valence-electron chi connectivity index (χ2n) is 6.51. The molecule has 0 spiro atoms. The normalized spacial score (nSPS) is 17.0. The fourth-order valence-electron chi connectivity index (χ4n) is 3.21. The van der Waals surface area contributed by atoms with Gasteiger partial charge in [0.1, 0.15) is 17.2 Å². The van der Waals surface area contributed by atoms with Crippen LogP contribution in [0.25, 0.3) is 22.4 Å². The number of fused-ring (bicyclic) bond motifs is 1. The molecule has 0 unspecified atom stereocenters. The third-order valence-electron chi connectivity index (χ3n) is 4.86. The van der Waals surface area contributed by atoms with Crippen molar-refractivity contribution in [3.63, 3.8) is 0 Å². The maximum absolute atomic E-state index is 14.2. The van der Waals surface area contributed by atoms with Crippen LogP contribution in [0.3, 0.4) is 0 Å². The summed E-state index contributed by atoms with van der Waals surface area (Å²) < 4.78 is 14.2. The zero-order valence-electron chi connectivity index (χ0n) is 13.9. The van der Waals surface area contributed by atoms with Gasteiger partial charge in [0.15, 0.2) is 0 Å². The smallest absolute Gasteiger partial charge is 0.202 e. The number of H-pyrrole nitrogens is 1. The third kappa shape index (κ3) is 2.90. The highest BCUT2D eigenvalue weighted by Crippen LogP contribution is 2.33. The van der Waals surface area contributed by atoms with E-state index in [0.717, 1.165) is 0 Å². The van der Waals surface area contributed by atoms with Crippen molar-refractivity contribution in [3.8, 4) is 11.3 Å². The predicted molar refractivity (Wildman–Crippen MR) is 97.5 cm³/mol. The van der Waals surface area contributed by atoms with Crippen LogP contribution in [0, 0.1) is 5.82 Å². The van der Waals surface area contributed by atoms with E-state index < -0.39 is 11.4 Å². The van der Waals surface area contributed by atoms with Crippen molar-refractivity contribution in [2.45, 2.75) is 18.4 Å². The Morgan fingerprint density at radius 2 is 2.12 bits per heavy atom. The van der Waals surface area contributed by atoms with Gasteiger partial charge in [0.05, 0.1) is 28.1 Å². The second kappa shape index (κ2) is 6.46. The fourth-order valence-corrected chi connectivity index (χ4v) is 3.46. The number of aliphatic hydroxyl groups is 1. The molecule has 2 aromatic heterocycles. The molecule has 0 radical (unpaired) electrons. The van der Waals surface area contributed by atoms with Crippen LogP contribution in [0.1, 0.15) is 12.8 Å². The Kier molecular flexibility index (Phi) is 4.26. The zero-order valence-corrected chi connectivity index (χ0v) is 14.7. The van der Waals surface area contributed by atoms with Crippen LogP contribution in [0.4, 0.5) is 10.2 Å². The molecule has 0 saturated carbocycles. The van der Waals surface area contributed by atoms with Crippen molar-refractivity contribution in [1.82, 2.24) is 20.2 Å². The van der Waals surface area contributed by atoms with Crippen molar-refractivity contribution in [1.29, 1.82) is 0 Å². The van der Waals surface area contributed by atoms with Gasteiger partial charge in [-0.15, -0.1) is 0 Å². The summed E-state index contributed by atoms with van der Waals surface area (Å²) in [7, 11) is 0. The van der Waals surface area contributed by atoms with E-state index in [1.54, 1.807) is 18.3 Å². The van der Waals surface area contributed by atoms with Gasteiger partial charge in [0.25, 0.3) is 0 Å². The number of nitrogens with zero attached hydrogens (tertiary/aromatic N) is 4. The van der Waals surface area contributed by atoms with Gasteiger partial charge < -0.3 is 15.7 Å². The third-order valence-corrected chi connectivity index (χ3v) is 5.18. The van der Waals surface area contributed by atoms with Gasteiger partial charge in [0, 0.05) is 19.6 Å². The Balaban J connectivity index is 1.67. The highest BCUT2D eigenvalue weighted by Gasteiger charge is 2.31. The molecular formula is C17H18ClFN6O. The fraction of sp³-hybridized carbons (Fsp3) is 0.353. The van der Waals surface area contributed by atoms with E-state index in [0.29, 0.717) is 48.6 Å². The van der Waals surface area contributed by atoms with E-state index in [2.05, 4.69) is 20.2 Å². The summed E-state index contributed by atoms with van der Waals surface area (Å²) in [6.45, 7) is 1.51. The molecular weight excluding hydrogens is 359 g/mol. The summed E-state index contributed by atoms with van der Waals surface area (Å²) in [6.07, 6.45) is 2.77. The van der Waals surface area contributed by atoms with Gasteiger partial charge >= 0.3 is 0 Å². The van der Waals surface area contributed by atoms with Crippen molar-refractivity contribution < 1.29 is 9.50 Å². The van der Waals surface area contributed by atoms with Gasteiger partial charge in [-0.2, -0.15) is 5.10 Å². The Bertz CT molecular complexity index is 933. The molecule has 3 aromatic rings. The average molecular weight is 377 g/mol. The number of aromatic nitrogens is 4. The Morgan fingerprint density at radius 3 is 2.81 bits per heavy atom. The predicted octanol–water partition coefficient (Wildman–Crippen LogP) is 2.10. The first-order chi connectivity index (χ1) is 12.5. The van der Waals surface area contributed by atoms with Crippen LogP contribution in [0.2, 0.25) is 5.02 Å². The SMILES string of the molecule is NCC1(O)CCN(c2cnc3c(-c4c(F)cccc4Cl)[nH]nc3n2)CC1. The summed E-state index contributed by atoms with van der Waals surface area (Å²) in [5, 5.41) is 17.5. The van der Waals surface area contributed by atoms with Crippen molar-refractivity contribution in [2.24, 2.45) is 5.73 Å². The minimum absolute atomic E-state index is 0.227. The number of benzene rings is 1. The lowest BCUT2D eigenvalue weighted by molar-refractivity contribution is 0.0249. The molecule has 4 rings (SSSR count). The van der Waals surface area contributed by atoms with Crippen molar-refractivity contribution in [3.05, 3.63) is 35.2 Å². The van der Waals surface area contributed by atoms with Crippen LogP contribution in [-0.2, 0) is 0 Å². The summed E-state index contributed by atoms with van der Waals surface area (Å²) in [5.74, 6) is 0.209. The number of nitrogens with one attached hydrogen (secondary N) is 1. The van der Waals surface area contributed by atoms with E-state index in [4.69, 9.17) is 17.3 Å². The standard InChI is InChI=1S/C17H18ClFN6O/c18-10-2-1-3-11(19)13(10)14-15-16(24-23-14)22-12(8-21-15)25-6-4-17(26,9-20)5-7-25/h1-3,8,26H,4-7,9,20H2,(H,22,23,24). The van der Waals surface area contributed by atoms with Gasteiger partial charge in [-0.3, -0.25) is 5.10 Å². The monoisotopic (exact) mass is 376 g/mol. The molecule has 4 N–H and O–H groups in total. The minimum Gasteiger partial charge on any atom is -0.388 e. The largest absolute Gasteiger partial charge is 0.388 e. The van der Waals surface area contributed by atoms with E-state index in [9.17, 15) is 9.50 Å². The molecule has 7 nitrogen and oxygen atoms in total. The minimum atomic E-state index is -0.810. The van der Waals surface area contributed by atoms with Gasteiger partial charge in [-0.1, -0.05) is 17.7 Å². The maximum Gasteiger partial charge on any atom is 0.202 e. The number of hydrogen-bond donors (Lipinski definition) is 3. The summed E-state index contributed by atoms with van der Waals surface area (Å²) >= 11 is 6.14. The number of nitrogens with two attached hydrogens (primary N) is 1. The number of piperidine rings is 1. The van der Waals surface area contributed by atoms with E-state index in [1.165, 1.54) is 6.07 Å². The number of halogens is 2. The molecule has 9 heteroatoms. The molecule has 0 aliphatic carbocycles. The number of aromatic amines is 1. The van der Waals surface area contributed by atoms with Crippen LogP contribution in [0.15, 0.2) is 24.4 Å². The highest BCUT2D eigenvalue weighted by atomic mass is 35.5. The first-order valence-corrected chi connectivity index (χ1v) is 8.71. The highest BCUT2D eigenvalue weighted by molar-refractivity contribution is 6.33. The lowest BCUT2D eigenvalue weighted by atomic mass is 9.92. The first-order valence-electron chi connectivity index (χ1n) is 8.34. The van der Waals surface area contributed by atoms with Crippen molar-refractivity contribution >= 4 is 28.6 Å². The molecule has 26 heavy (non-hydrogen) atoms. The number of anilines is 1. The van der Waals surface area contributed by atoms with Gasteiger partial charge in [-0.25, -0.2) is 14.4 Å². The number of rotatable bonds is 3. The zero-order chi connectivity index (χ0) is 18.3. The molecule has 3 heterocycles. The molecule has 1 aliphatic rings. The van der Waals surface area contributed by atoms with Crippen LogP contribution in [-0.4, -0.2) is 50.5 Å². The maximum atomic E-state index is 14.2. The average Bonchev–Trinajstić information content (AvgIpc) is 3.05. The van der Waals surface area contributed by atoms with Crippen LogP contribution in [0.5, 0.6) is 0 Å². The second-order valence-corrected chi connectivity index (χ2v) is 6.92. The molecule has 0 atom stereocenters. The molecule has 0 amide bonds. The molecule has 1 fully saturated rings. The molecule has 1 aromatic carbocycles. The van der Waals surface area contributed by atoms with Gasteiger partial charge in [0.2, 0.25) is 5.65 Å². The van der Waals surface area contributed by atoms with Crippen molar-refractivity contribution in [2.75, 3.05) is 24.5 Å². The Labute approximate surface area is 154 Å². The summed E-state index contributed by atoms with van der Waals surface area (Å²) in [6, 6.07) is 4.49. The molecule has 0 bridgehead atoms. The lowest BCUT2D eigenvalue weighted by Crippen LogP contribution is -2.49. The van der Waals surface area contributed by atoms with Crippen LogP contribution >= 0.6 is 11.6 Å². The van der Waals surface area contributed by atoms with E-state index >= 15 is 0 Å². The van der Waals surface area contributed by atoms with E-state index in [-0.39, 0.29) is 17.1 Å². The number of hydrogen-bond acceptors (Lipinski definition) is 6. The van der Waals surface area contributed by atoms with E-state index in [1.807, 2.05) is 4.90 Å². The summed E-state index contributed by atoms with van der Waals surface area (Å²) in [5.41, 5.74) is 6.28. The first kappa shape index (κ1) is 17.1. The topological polar surface area (TPSA) is 104 Å². The Hall–Kier alpha value is -2.29. The summed E-state index contributed by atoms with van der Waals surface area (Å²) in [4.78, 5) is 11.0. The molecule has 1 aliphatic heterocycles. The molecule has 1 saturated heterocycles. The van der Waals surface area contributed by atoms with Crippen LogP contribution < -0.4 is 10.6 Å². The lowest BCUT2D eigenvalue weighted by Gasteiger charge is -2.37. The molecule has 136 valence electrons. The Morgan fingerprint density at radius 1 is 1.35 bits per heavy atom. The van der Waals surface area contributed by atoms with Gasteiger partial charge in [-0.05, 0) is 25.0 Å².